The first-order chi connectivity index (χ1) is 53.5. The Morgan fingerprint density at radius 3 is 1.11 bits per heavy atom. The quantitative estimate of drug-likeness (QED) is 0.0885. The summed E-state index contributed by atoms with van der Waals surface area (Å²) >= 11 is 11.7. The van der Waals surface area contributed by atoms with Crippen LogP contribution in [-0.2, 0) is 24.7 Å². The third kappa shape index (κ3) is 44.0. The van der Waals surface area contributed by atoms with Crippen LogP contribution in [0.25, 0.3) is 0 Å². The molecule has 0 N–H and O–H groups in total. The molecule has 1 spiro atoms. The highest BCUT2D eigenvalue weighted by molar-refractivity contribution is 6.31. The second kappa shape index (κ2) is 56.3. The Morgan fingerprint density at radius 1 is 0.448 bits per heavy atom. The number of nitrogens with zero attached hydrogens (tertiary/aromatic N) is 2. The van der Waals surface area contributed by atoms with Crippen LogP contribution in [0.2, 0.25) is 10.0 Å². The lowest BCUT2D eigenvalue weighted by Gasteiger charge is -2.64. The Balaban J connectivity index is 0. The molecule has 2 bridgehead atoms. The lowest BCUT2D eigenvalue weighted by molar-refractivity contribution is -0.141. The molecule has 8 fully saturated rings. The molecule has 0 radical (unpaired) electrons. The molecule has 2 nitrogen and oxygen atoms in total. The molecule has 4 aromatic rings. The molecule has 0 aliphatic heterocycles. The van der Waals surface area contributed by atoms with Crippen LogP contribution in [-0.4, -0.2) is 0 Å². The van der Waals surface area contributed by atoms with Gasteiger partial charge < -0.3 is 0 Å². The van der Waals surface area contributed by atoms with Gasteiger partial charge in [0.15, 0.2) is 0 Å². The molecule has 116 heavy (non-hydrogen) atoms. The maximum Gasteiger partial charge on any atom is 0.0692 e. The summed E-state index contributed by atoms with van der Waals surface area (Å²) in [4.78, 5) is 0. The first-order valence-electron chi connectivity index (χ1n) is 47.9. The second-order valence-corrected chi connectivity index (χ2v) is 45.2. The van der Waals surface area contributed by atoms with Gasteiger partial charge >= 0.3 is 0 Å². The fraction of sp³-hybridized carbons (Fsp3) is 0.768. The molecule has 0 heterocycles. The van der Waals surface area contributed by atoms with E-state index in [-0.39, 0.29) is 10.8 Å². The van der Waals surface area contributed by atoms with E-state index in [0.29, 0.717) is 34.5 Å². The van der Waals surface area contributed by atoms with Crippen LogP contribution in [0, 0.1) is 175 Å². The van der Waals surface area contributed by atoms with Gasteiger partial charge in [-0.05, 0) is 291 Å². The summed E-state index contributed by atoms with van der Waals surface area (Å²) in [6.45, 7) is 89.3. The molecule has 8 saturated carbocycles. The van der Waals surface area contributed by atoms with Gasteiger partial charge in [0.25, 0.3) is 0 Å². The van der Waals surface area contributed by atoms with Gasteiger partial charge in [-0.3, -0.25) is 0 Å². The van der Waals surface area contributed by atoms with E-state index in [2.05, 4.69) is 341 Å². The van der Waals surface area contributed by atoms with Gasteiger partial charge in [-0.1, -0.05) is 408 Å². The lowest BCUT2D eigenvalue weighted by Crippen LogP contribution is -2.54. The zero-order chi connectivity index (χ0) is 90.1. The van der Waals surface area contributed by atoms with Crippen LogP contribution in [0.15, 0.2) is 103 Å². The summed E-state index contributed by atoms with van der Waals surface area (Å²) in [7, 11) is 0. The van der Waals surface area contributed by atoms with Crippen LogP contribution in [0.5, 0.6) is 0 Å². The van der Waals surface area contributed by atoms with E-state index in [9.17, 15) is 0 Å². The van der Waals surface area contributed by atoms with Crippen molar-refractivity contribution in [3.05, 3.63) is 141 Å². The zero-order valence-corrected chi connectivity index (χ0v) is 86.1. The van der Waals surface area contributed by atoms with Crippen LogP contribution < -0.4 is 0 Å². The molecule has 668 valence electrons. The van der Waals surface area contributed by atoms with Crippen molar-refractivity contribution in [3.8, 4) is 12.1 Å². The summed E-state index contributed by atoms with van der Waals surface area (Å²) in [5.74, 6) is 15.7. The van der Waals surface area contributed by atoms with Crippen molar-refractivity contribution in [1.82, 2.24) is 0 Å². The predicted molar refractivity (Wildman–Crippen MR) is 525 cm³/mol. The Hall–Kier alpha value is -3.56. The van der Waals surface area contributed by atoms with E-state index in [1.165, 1.54) is 99.3 Å². The third-order valence-electron chi connectivity index (χ3n) is 29.8. The van der Waals surface area contributed by atoms with Crippen LogP contribution in [0.4, 0.5) is 0 Å². The highest BCUT2D eigenvalue weighted by Gasteiger charge is 2.63. The number of nitriles is 2. The van der Waals surface area contributed by atoms with Crippen molar-refractivity contribution < 1.29 is 0 Å². The Labute approximate surface area is 737 Å². The van der Waals surface area contributed by atoms with Gasteiger partial charge in [-0.15, -0.1) is 0 Å². The van der Waals surface area contributed by atoms with Crippen molar-refractivity contribution in [2.24, 2.45) is 145 Å². The van der Waals surface area contributed by atoms with E-state index in [1.807, 2.05) is 51.1 Å². The SMILES string of the molecule is CC(C)C(C)(C#N)C(C)C.CC(C)C(C)(C)C#N.CC(C)C(C)C.CC(C)C1(C)CCC1.CC(C)C1(c2ccccc2)CCC1.CC(C)C12CC(C1)C2.CC(C)C1CC12CC2.CC(C)C1CCC1.CC(C)Cc1ccc(Cl)cc1.CC(C)Cc1ccccc1Cl.CCC(C)(C)C(C)C.CCC(C)C(C)C.Cc1cccc(CC(C)C)c1. The maximum atomic E-state index is 8.88. The monoisotopic (exact) mass is 1640 g/mol. The Kier molecular flexibility index (Phi) is 55.5. The highest BCUT2D eigenvalue weighted by Crippen LogP contribution is 2.72. The fourth-order valence-electron chi connectivity index (χ4n) is 14.7. The van der Waals surface area contributed by atoms with Crippen LogP contribution in [0.3, 0.4) is 0 Å². The average molecular weight is 1640 g/mol. The summed E-state index contributed by atoms with van der Waals surface area (Å²) in [5, 5.41) is 19.1. The van der Waals surface area contributed by atoms with E-state index >= 15 is 0 Å². The molecule has 2 atom stereocenters. The number of rotatable bonds is 20. The molecular formula is C112H196Cl2N2. The number of halogens is 2. The largest absolute Gasteiger partial charge is 0.198 e. The van der Waals surface area contributed by atoms with Crippen molar-refractivity contribution in [3.63, 3.8) is 0 Å². The number of hydrogen-bond donors (Lipinski definition) is 0. The van der Waals surface area contributed by atoms with Crippen LogP contribution in [0.1, 0.15) is 407 Å². The number of aryl methyl sites for hydroxylation is 1. The third-order valence-corrected chi connectivity index (χ3v) is 30.4. The van der Waals surface area contributed by atoms with E-state index in [0.717, 1.165) is 128 Å². The smallest absolute Gasteiger partial charge is 0.0692 e. The van der Waals surface area contributed by atoms with E-state index < -0.39 is 0 Å². The minimum atomic E-state index is -0.153. The van der Waals surface area contributed by atoms with E-state index in [4.69, 9.17) is 33.7 Å². The minimum absolute atomic E-state index is 0.153. The topological polar surface area (TPSA) is 47.6 Å². The van der Waals surface area contributed by atoms with Gasteiger partial charge in [0.1, 0.15) is 0 Å². The second-order valence-electron chi connectivity index (χ2n) is 44.3. The molecule has 4 heteroatoms. The summed E-state index contributed by atoms with van der Waals surface area (Å²) in [5.41, 5.74) is 10.3. The van der Waals surface area contributed by atoms with E-state index in [1.54, 1.807) is 44.1 Å². The zero-order valence-electron chi connectivity index (χ0n) is 84.6. The fourth-order valence-corrected chi connectivity index (χ4v) is 15.0. The van der Waals surface area contributed by atoms with Crippen molar-refractivity contribution in [2.75, 3.05) is 0 Å². The molecule has 12 rings (SSSR count). The van der Waals surface area contributed by atoms with Gasteiger partial charge in [0, 0.05) is 10.0 Å². The normalized spacial score (nSPS) is 18.7. The molecule has 0 amide bonds. The summed E-state index contributed by atoms with van der Waals surface area (Å²) in [6, 6.07) is 40.5. The molecule has 4 aromatic carbocycles. The predicted octanol–water partition coefficient (Wildman–Crippen LogP) is 37.3. The summed E-state index contributed by atoms with van der Waals surface area (Å²) < 4.78 is 0. The van der Waals surface area contributed by atoms with Gasteiger partial charge in [-0.25, -0.2) is 0 Å². The van der Waals surface area contributed by atoms with Gasteiger partial charge in [0.2, 0.25) is 0 Å². The Morgan fingerprint density at radius 2 is 0.914 bits per heavy atom. The molecule has 0 aromatic heterocycles. The first-order valence-corrected chi connectivity index (χ1v) is 48.7. The molecule has 8 aliphatic carbocycles. The minimum Gasteiger partial charge on any atom is -0.198 e. The Bertz CT molecular complexity index is 3110. The van der Waals surface area contributed by atoms with Crippen molar-refractivity contribution in [2.45, 2.75) is 411 Å². The average Bonchev–Trinajstić information content (AvgIpc) is 1.72. The van der Waals surface area contributed by atoms with Gasteiger partial charge in [0.05, 0.1) is 23.0 Å². The molecule has 0 saturated heterocycles. The first kappa shape index (κ1) is 114. The standard InChI is InChI=1S/C13H18.C11H16.2C10H13Cl.C9H17N.2C8H14.C8H16.C8H18.C7H13N.C7H14.C7H16.C6H14/c1-11(2)13(9-6-10-13)12-7-4-3-5-8-12;1-9(2)7-11-6-4-5-10(3)8-11;1-8(2)7-9-3-5-10(11)6-4-9;1-8(2)7-9-5-3-4-6-10(9)11;1-7(2)9(5,6-10)8(3)4;1-6(2)8-3-7(4-8)5-8;1-6(2)7-5-8(7)3-4-8;1-7(2)8(3)5-4-6-8;1-6-8(4,5)7(2)3;1-6(2)7(3,4)5-8;1-6(2)7-4-3-5-7;1-5-7(4)6(2)3;1-5(2)6(3)4/h3-5,7-8,11H,6,9-10H2,1-2H3;4-6,8-9H,7H2,1-3H3;2*3-6,8H,7H2,1-2H3;7-8H,1-5H3;2*6-7H,3-5H2,1-2H3;7H,4-6H2,1-3H3;7H,6H2,1-5H3;6H,1-4H3;6-7H,3-5H2,1-2H3;6-7H,5H2,1-4H3;5-6H,1-4H3. The van der Waals surface area contributed by atoms with Crippen molar-refractivity contribution in [1.29, 1.82) is 10.5 Å². The molecular weight excluding hydrogens is 1440 g/mol. The van der Waals surface area contributed by atoms with Crippen LogP contribution >= 0.6 is 23.2 Å². The maximum absolute atomic E-state index is 8.88. The summed E-state index contributed by atoms with van der Waals surface area (Å²) in [6.07, 6.45) is 28.4. The van der Waals surface area contributed by atoms with Crippen molar-refractivity contribution >= 4 is 23.2 Å². The number of hydrogen-bond acceptors (Lipinski definition) is 2. The number of benzene rings is 4. The molecule has 2 unspecified atom stereocenters. The molecule has 8 aliphatic rings. The highest BCUT2D eigenvalue weighted by atomic mass is 35.5. The van der Waals surface area contributed by atoms with Gasteiger partial charge in [-0.2, -0.15) is 10.5 Å². The lowest BCUT2D eigenvalue weighted by atomic mass is 9.41.